The molecule has 16 heavy (non-hydrogen) atoms. The van der Waals surface area contributed by atoms with Crippen LogP contribution in [-0.2, 0) is 0 Å². The Bertz CT molecular complexity index is 304. The summed E-state index contributed by atoms with van der Waals surface area (Å²) in [4.78, 5) is 4.38. The van der Waals surface area contributed by atoms with Gasteiger partial charge in [-0.2, -0.15) is 0 Å². The monoisotopic (exact) mass is 223 g/mol. The van der Waals surface area contributed by atoms with Crippen molar-refractivity contribution in [1.29, 1.82) is 0 Å². The molecule has 0 saturated carbocycles. The molecule has 0 amide bonds. The molecule has 1 unspecified atom stereocenters. The molecule has 0 spiro atoms. The van der Waals surface area contributed by atoms with E-state index in [2.05, 4.69) is 15.6 Å². The fourth-order valence-electron chi connectivity index (χ4n) is 1.38. The predicted molar refractivity (Wildman–Crippen MR) is 67.8 cm³/mol. The quantitative estimate of drug-likeness (QED) is 0.662. The van der Waals surface area contributed by atoms with Gasteiger partial charge in [0.05, 0.1) is 6.10 Å². The van der Waals surface area contributed by atoms with Gasteiger partial charge in [-0.25, -0.2) is 4.98 Å². The number of nitrogens with one attached hydrogen (secondary N) is 2. The Morgan fingerprint density at radius 3 is 2.56 bits per heavy atom. The zero-order valence-corrected chi connectivity index (χ0v) is 10.0. The van der Waals surface area contributed by atoms with E-state index in [4.69, 9.17) is 0 Å². The molecular formula is C12H21N3O. The van der Waals surface area contributed by atoms with E-state index >= 15 is 0 Å². The van der Waals surface area contributed by atoms with Crippen molar-refractivity contribution in [1.82, 2.24) is 4.98 Å². The lowest BCUT2D eigenvalue weighted by Gasteiger charge is -2.10. The highest BCUT2D eigenvalue weighted by atomic mass is 16.3. The fourth-order valence-corrected chi connectivity index (χ4v) is 1.38. The normalized spacial score (nSPS) is 12.2. The summed E-state index contributed by atoms with van der Waals surface area (Å²) in [5, 5.41) is 15.8. The Morgan fingerprint density at radius 1 is 1.25 bits per heavy atom. The third kappa shape index (κ3) is 4.49. The van der Waals surface area contributed by atoms with E-state index in [0.29, 0.717) is 0 Å². The van der Waals surface area contributed by atoms with Crippen LogP contribution < -0.4 is 10.6 Å². The first kappa shape index (κ1) is 12.8. The highest BCUT2D eigenvalue weighted by molar-refractivity contribution is 5.44. The van der Waals surface area contributed by atoms with Crippen molar-refractivity contribution in [2.75, 3.05) is 23.7 Å². The van der Waals surface area contributed by atoms with Crippen LogP contribution in [0.4, 0.5) is 11.6 Å². The lowest BCUT2D eigenvalue weighted by atomic mass is 10.2. The van der Waals surface area contributed by atoms with Gasteiger partial charge in [0, 0.05) is 13.1 Å². The van der Waals surface area contributed by atoms with Gasteiger partial charge in [0.1, 0.15) is 11.6 Å². The summed E-state index contributed by atoms with van der Waals surface area (Å²) >= 11 is 0. The molecule has 3 N–H and O–H groups in total. The van der Waals surface area contributed by atoms with Gasteiger partial charge in [0.15, 0.2) is 0 Å². The largest absolute Gasteiger partial charge is 0.393 e. The van der Waals surface area contributed by atoms with Crippen LogP contribution in [0, 0.1) is 0 Å². The molecule has 90 valence electrons. The minimum atomic E-state index is -0.218. The van der Waals surface area contributed by atoms with Crippen molar-refractivity contribution in [3.8, 4) is 0 Å². The molecule has 4 nitrogen and oxygen atoms in total. The molecule has 0 bridgehead atoms. The summed E-state index contributed by atoms with van der Waals surface area (Å²) < 4.78 is 0. The van der Waals surface area contributed by atoms with Gasteiger partial charge in [-0.1, -0.05) is 13.0 Å². The maximum Gasteiger partial charge on any atom is 0.128 e. The molecule has 0 radical (unpaired) electrons. The summed E-state index contributed by atoms with van der Waals surface area (Å²) in [6.45, 7) is 5.64. The van der Waals surface area contributed by atoms with Crippen molar-refractivity contribution >= 4 is 11.6 Å². The van der Waals surface area contributed by atoms with Crippen molar-refractivity contribution in [2.24, 2.45) is 0 Å². The lowest BCUT2D eigenvalue weighted by Crippen LogP contribution is -2.13. The molecule has 1 aromatic rings. The average molecular weight is 223 g/mol. The Hall–Kier alpha value is -1.29. The summed E-state index contributed by atoms with van der Waals surface area (Å²) in [6.07, 6.45) is 1.33. The van der Waals surface area contributed by atoms with E-state index in [1.165, 1.54) is 0 Å². The van der Waals surface area contributed by atoms with E-state index in [-0.39, 0.29) is 6.10 Å². The van der Waals surface area contributed by atoms with E-state index in [0.717, 1.165) is 37.6 Å². The number of hydrogen-bond acceptors (Lipinski definition) is 4. The molecule has 0 aliphatic rings. The van der Waals surface area contributed by atoms with Gasteiger partial charge in [-0.3, -0.25) is 0 Å². The maximum absolute atomic E-state index is 9.40. The van der Waals surface area contributed by atoms with Crippen LogP contribution >= 0.6 is 0 Å². The number of anilines is 2. The first-order valence-corrected chi connectivity index (χ1v) is 5.89. The molecule has 0 aliphatic carbocycles. The van der Waals surface area contributed by atoms with Gasteiger partial charge < -0.3 is 15.7 Å². The summed E-state index contributed by atoms with van der Waals surface area (Å²) in [5.74, 6) is 1.73. The van der Waals surface area contributed by atoms with Crippen molar-refractivity contribution in [3.63, 3.8) is 0 Å². The van der Waals surface area contributed by atoms with Crippen LogP contribution in [0.5, 0.6) is 0 Å². The molecule has 1 atom stereocenters. The number of aliphatic hydroxyl groups excluding tert-OH is 1. The highest BCUT2D eigenvalue weighted by Crippen LogP contribution is 2.09. The number of rotatable bonds is 7. The Labute approximate surface area is 97.1 Å². The third-order valence-electron chi connectivity index (χ3n) is 2.36. The van der Waals surface area contributed by atoms with Crippen LogP contribution in [0.1, 0.15) is 26.7 Å². The van der Waals surface area contributed by atoms with Crippen LogP contribution in [0.25, 0.3) is 0 Å². The molecule has 1 rings (SSSR count). The van der Waals surface area contributed by atoms with Gasteiger partial charge in [0.2, 0.25) is 0 Å². The molecule has 0 aliphatic heterocycles. The number of nitrogens with zero attached hydrogens (tertiary/aromatic N) is 1. The minimum absolute atomic E-state index is 0.218. The first-order chi connectivity index (χ1) is 7.76. The van der Waals surface area contributed by atoms with Gasteiger partial charge >= 0.3 is 0 Å². The van der Waals surface area contributed by atoms with Gasteiger partial charge in [-0.05, 0) is 31.9 Å². The molecule has 1 heterocycles. The zero-order valence-electron chi connectivity index (χ0n) is 10.0. The molecule has 0 saturated heterocycles. The second-order valence-corrected chi connectivity index (χ2v) is 3.72. The van der Waals surface area contributed by atoms with Gasteiger partial charge in [-0.15, -0.1) is 0 Å². The predicted octanol–water partition coefficient (Wildman–Crippen LogP) is 2.09. The Kier molecular flexibility index (Phi) is 5.64. The Balaban J connectivity index is 2.38. The highest BCUT2D eigenvalue weighted by Gasteiger charge is 2.00. The van der Waals surface area contributed by atoms with Crippen molar-refractivity contribution in [2.45, 2.75) is 32.8 Å². The standard InChI is InChI=1S/C12H21N3O/c1-3-10(16)8-9-14-12-7-5-6-11(15-12)13-4-2/h5-7,10,16H,3-4,8-9H2,1-2H3,(H2,13,14,15). The molecule has 0 fully saturated rings. The zero-order chi connectivity index (χ0) is 11.8. The maximum atomic E-state index is 9.40. The molecule has 4 heteroatoms. The number of aromatic nitrogens is 1. The number of aliphatic hydroxyl groups is 1. The van der Waals surface area contributed by atoms with Crippen LogP contribution in [0.2, 0.25) is 0 Å². The smallest absolute Gasteiger partial charge is 0.128 e. The lowest BCUT2D eigenvalue weighted by molar-refractivity contribution is 0.164. The van der Waals surface area contributed by atoms with Crippen LogP contribution in [0.3, 0.4) is 0 Å². The minimum Gasteiger partial charge on any atom is -0.393 e. The van der Waals surface area contributed by atoms with Crippen molar-refractivity contribution in [3.05, 3.63) is 18.2 Å². The number of hydrogen-bond donors (Lipinski definition) is 3. The van der Waals surface area contributed by atoms with E-state index in [1.54, 1.807) is 0 Å². The van der Waals surface area contributed by atoms with E-state index in [9.17, 15) is 5.11 Å². The number of pyridine rings is 1. The molecule has 0 aromatic carbocycles. The topological polar surface area (TPSA) is 57.2 Å². The van der Waals surface area contributed by atoms with Gasteiger partial charge in [0.25, 0.3) is 0 Å². The Morgan fingerprint density at radius 2 is 1.94 bits per heavy atom. The third-order valence-corrected chi connectivity index (χ3v) is 2.36. The van der Waals surface area contributed by atoms with Crippen LogP contribution in [-0.4, -0.2) is 29.3 Å². The fraction of sp³-hybridized carbons (Fsp3) is 0.583. The second-order valence-electron chi connectivity index (χ2n) is 3.72. The van der Waals surface area contributed by atoms with Crippen LogP contribution in [0.15, 0.2) is 18.2 Å². The summed E-state index contributed by atoms with van der Waals surface area (Å²) in [5.41, 5.74) is 0. The summed E-state index contributed by atoms with van der Waals surface area (Å²) in [7, 11) is 0. The van der Waals surface area contributed by atoms with E-state index < -0.39 is 0 Å². The molecular weight excluding hydrogens is 202 g/mol. The van der Waals surface area contributed by atoms with Crippen molar-refractivity contribution < 1.29 is 5.11 Å². The first-order valence-electron chi connectivity index (χ1n) is 5.89. The summed E-state index contributed by atoms with van der Waals surface area (Å²) in [6, 6.07) is 5.83. The molecule has 1 aromatic heterocycles. The SMILES string of the molecule is CCNc1cccc(NCCC(O)CC)n1. The second kappa shape index (κ2) is 7.06. The average Bonchev–Trinajstić information content (AvgIpc) is 2.30. The van der Waals surface area contributed by atoms with E-state index in [1.807, 2.05) is 32.0 Å².